The molecule has 24 heavy (non-hydrogen) atoms. The fraction of sp³-hybridized carbons (Fsp3) is 0.684. The number of alkyl halides is 3. The molecule has 0 radical (unpaired) electrons. The van der Waals surface area contributed by atoms with Crippen LogP contribution in [0.3, 0.4) is 0 Å². The molecule has 3 aliphatic rings. The highest BCUT2D eigenvalue weighted by Gasteiger charge is 2.53. The van der Waals surface area contributed by atoms with Gasteiger partial charge in [-0.2, -0.15) is 13.2 Å². The van der Waals surface area contributed by atoms with Gasteiger partial charge in [0.25, 0.3) is 0 Å². The smallest absolute Gasteiger partial charge is 0.422 e. The summed E-state index contributed by atoms with van der Waals surface area (Å²) >= 11 is 0. The average molecular weight is 339 g/mol. The lowest BCUT2D eigenvalue weighted by Gasteiger charge is -2.58. The van der Waals surface area contributed by atoms with E-state index in [-0.39, 0.29) is 5.41 Å². The molecule has 2 fully saturated rings. The molecular formula is C19H24F3NO. The Hall–Kier alpha value is -1.23. The molecule has 1 heterocycles. The molecule has 2 nitrogen and oxygen atoms in total. The van der Waals surface area contributed by atoms with Crippen molar-refractivity contribution >= 4 is 0 Å². The molecule has 3 unspecified atom stereocenters. The minimum Gasteiger partial charge on any atom is -0.484 e. The van der Waals surface area contributed by atoms with Gasteiger partial charge in [-0.15, -0.1) is 0 Å². The van der Waals surface area contributed by atoms with E-state index in [0.717, 1.165) is 25.8 Å². The second kappa shape index (κ2) is 5.65. The zero-order valence-electron chi connectivity index (χ0n) is 14.0. The first kappa shape index (κ1) is 16.2. The maximum Gasteiger partial charge on any atom is 0.422 e. The molecule has 1 saturated carbocycles. The number of hydrogen-bond donors (Lipinski definition) is 0. The van der Waals surface area contributed by atoms with Crippen molar-refractivity contribution in [2.45, 2.75) is 56.2 Å². The summed E-state index contributed by atoms with van der Waals surface area (Å²) in [6.45, 7) is -0.137. The Labute approximate surface area is 141 Å². The van der Waals surface area contributed by atoms with Crippen molar-refractivity contribution in [1.82, 2.24) is 4.90 Å². The van der Waals surface area contributed by atoms with E-state index in [1.165, 1.54) is 30.4 Å². The van der Waals surface area contributed by atoms with Gasteiger partial charge >= 0.3 is 6.18 Å². The van der Waals surface area contributed by atoms with Gasteiger partial charge in [-0.1, -0.05) is 18.9 Å². The van der Waals surface area contributed by atoms with Gasteiger partial charge < -0.3 is 9.64 Å². The minimum absolute atomic E-state index is 0.153. The van der Waals surface area contributed by atoms with Gasteiger partial charge in [0, 0.05) is 11.5 Å². The number of piperidine rings is 1. The van der Waals surface area contributed by atoms with Gasteiger partial charge in [0.15, 0.2) is 6.61 Å². The zero-order chi connectivity index (χ0) is 16.9. The Morgan fingerprint density at radius 1 is 1.25 bits per heavy atom. The molecule has 1 aromatic carbocycles. The number of likely N-dealkylation sites (N-methyl/N-ethyl adjacent to an activating group) is 1. The van der Waals surface area contributed by atoms with Crippen LogP contribution in [0.1, 0.15) is 43.2 Å². The van der Waals surface area contributed by atoms with Gasteiger partial charge in [0.1, 0.15) is 5.75 Å². The third-order valence-corrected chi connectivity index (χ3v) is 6.49. The number of fused-ring (bicyclic) bond motifs is 1. The maximum absolute atomic E-state index is 12.5. The van der Waals surface area contributed by atoms with E-state index < -0.39 is 12.8 Å². The fourth-order valence-corrected chi connectivity index (χ4v) is 5.43. The first-order valence-electron chi connectivity index (χ1n) is 8.92. The number of ether oxygens (including phenoxy) is 1. The summed E-state index contributed by atoms with van der Waals surface area (Å²) in [5.41, 5.74) is 2.74. The lowest BCUT2D eigenvalue weighted by molar-refractivity contribution is -0.153. The van der Waals surface area contributed by atoms with E-state index in [9.17, 15) is 13.2 Å². The topological polar surface area (TPSA) is 12.5 Å². The second-order valence-electron chi connectivity index (χ2n) is 7.73. The number of hydrogen-bond acceptors (Lipinski definition) is 2. The van der Waals surface area contributed by atoms with Gasteiger partial charge in [0.05, 0.1) is 0 Å². The SMILES string of the molecule is CN1CCC23CCCCC2C1Cc1ccc(OCC(F)(F)F)cc13. The monoisotopic (exact) mass is 339 g/mol. The van der Waals surface area contributed by atoms with Crippen LogP contribution in [0.5, 0.6) is 5.75 Å². The maximum atomic E-state index is 12.5. The number of benzene rings is 1. The highest BCUT2D eigenvalue weighted by Crippen LogP contribution is 2.55. The molecule has 2 aliphatic carbocycles. The summed E-state index contributed by atoms with van der Waals surface area (Å²) in [5, 5.41) is 0. The number of nitrogens with zero attached hydrogens (tertiary/aromatic N) is 1. The highest BCUT2D eigenvalue weighted by molar-refractivity contribution is 5.45. The Balaban J connectivity index is 1.70. The molecule has 0 spiro atoms. The summed E-state index contributed by atoms with van der Waals surface area (Å²) in [5.74, 6) is 0.998. The van der Waals surface area contributed by atoms with Crippen molar-refractivity contribution in [2.75, 3.05) is 20.2 Å². The number of halogens is 3. The quantitative estimate of drug-likeness (QED) is 0.796. The van der Waals surface area contributed by atoms with E-state index in [1.54, 1.807) is 6.07 Å². The predicted octanol–water partition coefficient (Wildman–Crippen LogP) is 4.32. The fourth-order valence-electron chi connectivity index (χ4n) is 5.43. The van der Waals surface area contributed by atoms with Crippen molar-refractivity contribution < 1.29 is 17.9 Å². The molecule has 4 rings (SSSR count). The van der Waals surface area contributed by atoms with Crippen LogP contribution >= 0.6 is 0 Å². The van der Waals surface area contributed by atoms with Gasteiger partial charge in [-0.05, 0) is 68.5 Å². The zero-order valence-corrected chi connectivity index (χ0v) is 14.0. The molecule has 1 saturated heterocycles. The third kappa shape index (κ3) is 2.61. The molecule has 3 atom stereocenters. The highest BCUT2D eigenvalue weighted by atomic mass is 19.4. The van der Waals surface area contributed by atoms with Gasteiger partial charge in [-0.3, -0.25) is 0 Å². The van der Waals surface area contributed by atoms with E-state index >= 15 is 0 Å². The van der Waals surface area contributed by atoms with Crippen LogP contribution in [-0.2, 0) is 11.8 Å². The lowest BCUT2D eigenvalue weighted by atomic mass is 9.52. The molecule has 132 valence electrons. The van der Waals surface area contributed by atoms with Crippen LogP contribution in [0, 0.1) is 5.92 Å². The average Bonchev–Trinajstić information content (AvgIpc) is 2.56. The molecule has 1 aliphatic heterocycles. The number of likely N-dealkylation sites (tertiary alicyclic amines) is 1. The molecular weight excluding hydrogens is 315 g/mol. The predicted molar refractivity (Wildman–Crippen MR) is 86.4 cm³/mol. The van der Waals surface area contributed by atoms with Crippen LogP contribution in [-0.4, -0.2) is 37.3 Å². The van der Waals surface area contributed by atoms with Crippen LogP contribution in [0.2, 0.25) is 0 Å². The lowest BCUT2D eigenvalue weighted by Crippen LogP contribution is -2.59. The van der Waals surface area contributed by atoms with Crippen molar-refractivity contribution in [2.24, 2.45) is 5.92 Å². The minimum atomic E-state index is -4.29. The van der Waals surface area contributed by atoms with Crippen molar-refractivity contribution in [3.05, 3.63) is 29.3 Å². The molecule has 0 aromatic heterocycles. The molecule has 2 bridgehead atoms. The van der Waals surface area contributed by atoms with Crippen LogP contribution in [0.15, 0.2) is 18.2 Å². The first-order chi connectivity index (χ1) is 11.4. The van der Waals surface area contributed by atoms with E-state index in [2.05, 4.69) is 11.9 Å². The van der Waals surface area contributed by atoms with Gasteiger partial charge in [0.2, 0.25) is 0 Å². The molecule has 0 N–H and O–H groups in total. The van der Waals surface area contributed by atoms with Crippen molar-refractivity contribution in [3.8, 4) is 5.75 Å². The van der Waals surface area contributed by atoms with Crippen LogP contribution in [0.25, 0.3) is 0 Å². The van der Waals surface area contributed by atoms with E-state index in [0.29, 0.717) is 17.7 Å². The summed E-state index contributed by atoms with van der Waals surface area (Å²) in [4.78, 5) is 2.49. The molecule has 5 heteroatoms. The molecule has 1 aromatic rings. The Morgan fingerprint density at radius 2 is 2.08 bits per heavy atom. The standard InChI is InChI=1S/C19H24F3NO/c1-23-9-8-18-7-3-2-4-15(18)17(23)10-13-5-6-14(11-16(13)18)24-12-19(20,21)22/h5-6,11,15,17H,2-4,7-10,12H2,1H3. The summed E-state index contributed by atoms with van der Waals surface area (Å²) < 4.78 is 42.4. The summed E-state index contributed by atoms with van der Waals surface area (Å²) in [7, 11) is 2.22. The summed E-state index contributed by atoms with van der Waals surface area (Å²) in [6, 6.07) is 6.20. The normalized spacial score (nSPS) is 32.8. The Bertz CT molecular complexity index is 630. The Kier molecular flexibility index (Phi) is 3.83. The van der Waals surface area contributed by atoms with Gasteiger partial charge in [-0.25, -0.2) is 0 Å². The third-order valence-electron chi connectivity index (χ3n) is 6.49. The van der Waals surface area contributed by atoms with Crippen molar-refractivity contribution in [3.63, 3.8) is 0 Å². The largest absolute Gasteiger partial charge is 0.484 e. The first-order valence-corrected chi connectivity index (χ1v) is 8.92. The van der Waals surface area contributed by atoms with E-state index in [1.807, 2.05) is 12.1 Å². The Morgan fingerprint density at radius 3 is 2.88 bits per heavy atom. The van der Waals surface area contributed by atoms with Crippen LogP contribution in [0.4, 0.5) is 13.2 Å². The van der Waals surface area contributed by atoms with Crippen LogP contribution < -0.4 is 4.74 Å². The second-order valence-corrected chi connectivity index (χ2v) is 7.73. The summed E-state index contributed by atoms with van der Waals surface area (Å²) in [6.07, 6.45) is 2.73. The van der Waals surface area contributed by atoms with Crippen molar-refractivity contribution in [1.29, 1.82) is 0 Å². The van der Waals surface area contributed by atoms with E-state index in [4.69, 9.17) is 4.74 Å². The molecule has 0 amide bonds. The number of rotatable bonds is 2.